The molecule has 1 spiro atoms. The van der Waals surface area contributed by atoms with E-state index in [-0.39, 0.29) is 42.9 Å². The molecule has 3 aromatic rings. The minimum atomic E-state index is -1.06. The van der Waals surface area contributed by atoms with Gasteiger partial charge in [0, 0.05) is 17.3 Å². The molecule has 4 heterocycles. The van der Waals surface area contributed by atoms with E-state index in [1.165, 1.54) is 6.07 Å². The van der Waals surface area contributed by atoms with Gasteiger partial charge in [-0.15, -0.1) is 0 Å². The van der Waals surface area contributed by atoms with Crippen LogP contribution in [0.1, 0.15) is 33.0 Å². The number of ether oxygens (including phenoxy) is 3. The van der Waals surface area contributed by atoms with E-state index in [0.717, 1.165) is 5.56 Å². The first-order chi connectivity index (χ1) is 15.5. The highest BCUT2D eigenvalue weighted by Gasteiger charge is 2.57. The molecule has 162 valence electrons. The third-order valence-electron chi connectivity index (χ3n) is 6.20. The highest BCUT2D eigenvalue weighted by molar-refractivity contribution is 6.11. The number of nitrogens with two attached hydrogens (primary N) is 1. The van der Waals surface area contributed by atoms with Crippen LogP contribution in [0.25, 0.3) is 0 Å². The Morgan fingerprint density at radius 3 is 2.59 bits per heavy atom. The predicted octanol–water partition coefficient (Wildman–Crippen LogP) is 2.80. The first-order valence-corrected chi connectivity index (χ1v) is 9.98. The summed E-state index contributed by atoms with van der Waals surface area (Å²) in [6.07, 6.45) is 0. The maximum Gasteiger partial charge on any atom is 0.252 e. The fourth-order valence-electron chi connectivity index (χ4n) is 4.75. The summed E-state index contributed by atoms with van der Waals surface area (Å²) in [5, 5.41) is 0. The number of amides is 2. The second-order valence-electron chi connectivity index (χ2n) is 7.85. The van der Waals surface area contributed by atoms with Gasteiger partial charge in [-0.25, -0.2) is 4.39 Å². The van der Waals surface area contributed by atoms with Gasteiger partial charge in [-0.05, 0) is 23.8 Å². The summed E-state index contributed by atoms with van der Waals surface area (Å²) >= 11 is 0. The molecule has 6 rings (SSSR count). The predicted molar refractivity (Wildman–Crippen MR) is 109 cm³/mol. The lowest BCUT2D eigenvalue weighted by atomic mass is 9.77. The van der Waals surface area contributed by atoms with Crippen LogP contribution in [0.2, 0.25) is 0 Å². The highest BCUT2D eigenvalue weighted by Crippen LogP contribution is 2.55. The van der Waals surface area contributed by atoms with Gasteiger partial charge < -0.3 is 29.3 Å². The summed E-state index contributed by atoms with van der Waals surface area (Å²) < 4.78 is 35.7. The van der Waals surface area contributed by atoms with Crippen molar-refractivity contribution in [3.05, 3.63) is 70.7 Å². The number of halogens is 1. The lowest BCUT2D eigenvalue weighted by Crippen LogP contribution is -2.42. The molecule has 9 heteroatoms. The fourth-order valence-corrected chi connectivity index (χ4v) is 4.75. The van der Waals surface area contributed by atoms with Crippen LogP contribution in [0, 0.1) is 0 Å². The number of nitrogens with zero attached hydrogens (tertiary/aromatic N) is 1. The molecule has 8 nitrogen and oxygen atoms in total. The summed E-state index contributed by atoms with van der Waals surface area (Å²) in [7, 11) is 0. The zero-order valence-electron chi connectivity index (χ0n) is 16.7. The van der Waals surface area contributed by atoms with Gasteiger partial charge in [-0.3, -0.25) is 9.59 Å². The molecule has 0 aliphatic carbocycles. The Morgan fingerprint density at radius 1 is 1.06 bits per heavy atom. The second kappa shape index (κ2) is 6.49. The normalized spacial score (nSPS) is 19.9. The lowest BCUT2D eigenvalue weighted by molar-refractivity contribution is -0.122. The maximum absolute atomic E-state index is 13.9. The van der Waals surface area contributed by atoms with Crippen LogP contribution in [0.5, 0.6) is 17.2 Å². The molecule has 0 fully saturated rings. The Balaban J connectivity index is 1.46. The Labute approximate surface area is 181 Å². The number of alkyl halides is 1. The smallest absolute Gasteiger partial charge is 0.252 e. The summed E-state index contributed by atoms with van der Waals surface area (Å²) in [5.74, 6) is 0.808. The number of primary amides is 1. The first kappa shape index (κ1) is 18.7. The number of hydrogen-bond acceptors (Lipinski definition) is 6. The van der Waals surface area contributed by atoms with Crippen LogP contribution in [0.4, 0.5) is 10.1 Å². The van der Waals surface area contributed by atoms with E-state index in [9.17, 15) is 14.0 Å². The number of para-hydroxylation sites is 1. The van der Waals surface area contributed by atoms with Crippen LogP contribution in [0.3, 0.4) is 0 Å². The van der Waals surface area contributed by atoms with Gasteiger partial charge in [0.05, 0.1) is 12.1 Å². The average Bonchev–Trinajstić information content (AvgIpc) is 3.55. The fraction of sp³-hybridized carbons (Fsp3) is 0.217. The van der Waals surface area contributed by atoms with E-state index in [1.54, 1.807) is 17.0 Å². The molecule has 1 unspecified atom stereocenters. The van der Waals surface area contributed by atoms with Crippen LogP contribution < -0.4 is 24.8 Å². The average molecular weight is 436 g/mol. The van der Waals surface area contributed by atoms with Gasteiger partial charge in [0.2, 0.25) is 12.7 Å². The largest absolute Gasteiger partial charge is 0.491 e. The molecular formula is C23H17FN2O6. The van der Waals surface area contributed by atoms with Crippen molar-refractivity contribution in [2.45, 2.75) is 18.6 Å². The van der Waals surface area contributed by atoms with E-state index < -0.39 is 18.0 Å². The Hall–Kier alpha value is -4.01. The van der Waals surface area contributed by atoms with Gasteiger partial charge in [-0.2, -0.15) is 0 Å². The van der Waals surface area contributed by atoms with Crippen molar-refractivity contribution in [3.63, 3.8) is 0 Å². The third-order valence-corrected chi connectivity index (χ3v) is 6.20. The molecule has 0 radical (unpaired) electrons. The third kappa shape index (κ3) is 2.36. The number of hydrogen-bond donors (Lipinski definition) is 1. The van der Waals surface area contributed by atoms with E-state index in [4.69, 9.17) is 24.4 Å². The first-order valence-electron chi connectivity index (χ1n) is 9.98. The van der Waals surface area contributed by atoms with E-state index >= 15 is 0 Å². The van der Waals surface area contributed by atoms with Crippen LogP contribution in [0.15, 0.2) is 46.9 Å². The van der Waals surface area contributed by atoms with Crippen LogP contribution in [-0.4, -0.2) is 25.2 Å². The van der Waals surface area contributed by atoms with E-state index in [0.29, 0.717) is 28.5 Å². The molecule has 3 aliphatic rings. The molecule has 1 aromatic heterocycles. The highest BCUT2D eigenvalue weighted by atomic mass is 19.1. The molecular weight excluding hydrogens is 419 g/mol. The summed E-state index contributed by atoms with van der Waals surface area (Å²) in [6, 6.07) is 12.3. The number of carbonyl (C=O) groups is 2. The number of carbonyl (C=O) groups excluding carboxylic acids is 2. The molecule has 1 atom stereocenters. The van der Waals surface area contributed by atoms with Gasteiger partial charge in [0.25, 0.3) is 5.91 Å². The van der Waals surface area contributed by atoms with Gasteiger partial charge >= 0.3 is 0 Å². The molecule has 0 saturated heterocycles. The van der Waals surface area contributed by atoms with Crippen molar-refractivity contribution in [3.8, 4) is 17.2 Å². The van der Waals surface area contributed by atoms with Crippen LogP contribution >= 0.6 is 0 Å². The summed E-state index contributed by atoms with van der Waals surface area (Å²) in [6.45, 7) is -0.726. The van der Waals surface area contributed by atoms with Gasteiger partial charge in [0.15, 0.2) is 11.5 Å². The van der Waals surface area contributed by atoms with Crippen molar-refractivity contribution in [1.82, 2.24) is 0 Å². The number of furan rings is 1. The molecule has 2 amide bonds. The zero-order valence-corrected chi connectivity index (χ0v) is 16.7. The van der Waals surface area contributed by atoms with Crippen molar-refractivity contribution < 1.29 is 32.6 Å². The van der Waals surface area contributed by atoms with Crippen molar-refractivity contribution in [1.29, 1.82) is 0 Å². The van der Waals surface area contributed by atoms with E-state index in [1.807, 2.05) is 24.3 Å². The van der Waals surface area contributed by atoms with Crippen molar-refractivity contribution in [2.75, 3.05) is 18.3 Å². The summed E-state index contributed by atoms with van der Waals surface area (Å²) in [5.41, 5.74) is 6.40. The number of fused-ring (bicyclic) bond motifs is 5. The maximum atomic E-state index is 13.9. The van der Waals surface area contributed by atoms with E-state index in [2.05, 4.69) is 0 Å². The number of benzene rings is 2. The Morgan fingerprint density at radius 2 is 1.84 bits per heavy atom. The second-order valence-corrected chi connectivity index (χ2v) is 7.85. The molecule has 3 aliphatic heterocycles. The van der Waals surface area contributed by atoms with Gasteiger partial charge in [0.1, 0.15) is 36.0 Å². The Kier molecular flexibility index (Phi) is 3.80. The molecule has 2 N–H and O–H groups in total. The topological polar surface area (TPSA) is 104 Å². The van der Waals surface area contributed by atoms with Crippen LogP contribution in [-0.2, 0) is 23.4 Å². The monoisotopic (exact) mass is 436 g/mol. The summed E-state index contributed by atoms with van der Waals surface area (Å²) in [4.78, 5) is 27.1. The molecule has 2 aromatic carbocycles. The van der Waals surface area contributed by atoms with Crippen molar-refractivity contribution in [2.24, 2.45) is 5.73 Å². The minimum Gasteiger partial charge on any atom is -0.491 e. The molecule has 0 saturated carbocycles. The van der Waals surface area contributed by atoms with Crippen molar-refractivity contribution >= 4 is 17.5 Å². The standard InChI is InChI=1S/C23H17FN2O6/c24-8-20-13(21(25)27)5-12(32-20)9-26-16-4-2-1-3-14(16)23(22(26)28)10-29-17-7-19-18(6-15(17)23)30-11-31-19/h1-7H,8-11H2,(H2,25,27). The quantitative estimate of drug-likeness (QED) is 0.675. The zero-order chi connectivity index (χ0) is 22.0. The lowest BCUT2D eigenvalue weighted by Gasteiger charge is -2.22. The SMILES string of the molecule is NC(=O)c1cc(CN2C(=O)C3(COc4cc5c(cc43)OCO5)c3ccccc32)oc1CF. The molecule has 32 heavy (non-hydrogen) atoms. The number of rotatable bonds is 4. The number of anilines is 1. The Bertz CT molecular complexity index is 1300. The molecule has 0 bridgehead atoms. The minimum absolute atomic E-state index is 0.0117. The van der Waals surface area contributed by atoms with Gasteiger partial charge in [-0.1, -0.05) is 18.2 Å².